The van der Waals surface area contributed by atoms with Crippen LogP contribution in [0.25, 0.3) is 0 Å². The summed E-state index contributed by atoms with van der Waals surface area (Å²) in [6.45, 7) is 2.22. The molecule has 1 fully saturated rings. The highest BCUT2D eigenvalue weighted by molar-refractivity contribution is 9.10. The molecule has 21 heavy (non-hydrogen) atoms. The summed E-state index contributed by atoms with van der Waals surface area (Å²) in [6, 6.07) is 5.28. The number of halogens is 1. The van der Waals surface area contributed by atoms with Gasteiger partial charge in [-0.2, -0.15) is 0 Å². The number of nitrogens with zero attached hydrogens (tertiary/aromatic N) is 1. The molecule has 0 atom stereocenters. The maximum absolute atomic E-state index is 12.4. The van der Waals surface area contributed by atoms with Crippen molar-refractivity contribution in [2.45, 2.75) is 32.6 Å². The van der Waals surface area contributed by atoms with Crippen LogP contribution in [0.15, 0.2) is 27.8 Å². The van der Waals surface area contributed by atoms with Crippen LogP contribution in [-0.2, 0) is 4.79 Å². The number of nitrogens with two attached hydrogens (primary N) is 1. The van der Waals surface area contributed by atoms with E-state index in [2.05, 4.69) is 33.3 Å². The Labute approximate surface area is 132 Å². The van der Waals surface area contributed by atoms with Crippen molar-refractivity contribution in [2.24, 2.45) is 22.7 Å². The number of amidine groups is 1. The van der Waals surface area contributed by atoms with Gasteiger partial charge in [0, 0.05) is 16.0 Å². The van der Waals surface area contributed by atoms with Crippen LogP contribution in [0, 0.1) is 11.8 Å². The van der Waals surface area contributed by atoms with E-state index in [0.29, 0.717) is 17.2 Å². The molecule has 6 heteroatoms. The van der Waals surface area contributed by atoms with Crippen LogP contribution in [-0.4, -0.2) is 17.0 Å². The molecule has 0 aromatic heterocycles. The maximum atomic E-state index is 12.4. The van der Waals surface area contributed by atoms with E-state index >= 15 is 0 Å². The number of carbonyl (C=O) groups is 1. The van der Waals surface area contributed by atoms with Crippen LogP contribution in [0.4, 0.5) is 5.69 Å². The van der Waals surface area contributed by atoms with E-state index in [0.717, 1.165) is 30.2 Å². The Morgan fingerprint density at radius 3 is 2.67 bits per heavy atom. The summed E-state index contributed by atoms with van der Waals surface area (Å²) >= 11 is 3.34. The van der Waals surface area contributed by atoms with Gasteiger partial charge in [0.05, 0.1) is 5.69 Å². The zero-order valence-corrected chi connectivity index (χ0v) is 13.6. The molecule has 4 N–H and O–H groups in total. The van der Waals surface area contributed by atoms with Crippen LogP contribution in [0.3, 0.4) is 0 Å². The number of anilines is 1. The predicted molar refractivity (Wildman–Crippen MR) is 86.4 cm³/mol. The molecule has 0 radical (unpaired) electrons. The second-order valence-electron chi connectivity index (χ2n) is 5.62. The number of oxime groups is 1. The van der Waals surface area contributed by atoms with Crippen LogP contribution in [0.2, 0.25) is 0 Å². The highest BCUT2D eigenvalue weighted by atomic mass is 79.9. The lowest BCUT2D eigenvalue weighted by Gasteiger charge is -2.25. The Bertz CT molecular complexity index is 552. The quantitative estimate of drug-likeness (QED) is 0.337. The van der Waals surface area contributed by atoms with Crippen molar-refractivity contribution in [3.63, 3.8) is 0 Å². The first-order valence-corrected chi connectivity index (χ1v) is 7.89. The summed E-state index contributed by atoms with van der Waals surface area (Å²) in [5, 5.41) is 14.8. The molecular formula is C15H20BrN3O2. The highest BCUT2D eigenvalue weighted by Gasteiger charge is 2.25. The average molecular weight is 354 g/mol. The lowest BCUT2D eigenvalue weighted by Crippen LogP contribution is -2.28. The molecular weight excluding hydrogens is 334 g/mol. The van der Waals surface area contributed by atoms with E-state index in [1.165, 1.54) is 0 Å². The van der Waals surface area contributed by atoms with Gasteiger partial charge in [-0.3, -0.25) is 4.79 Å². The van der Waals surface area contributed by atoms with Crippen molar-refractivity contribution in [3.8, 4) is 0 Å². The van der Waals surface area contributed by atoms with Gasteiger partial charge >= 0.3 is 0 Å². The maximum Gasteiger partial charge on any atom is 0.227 e. The number of rotatable bonds is 3. The summed E-state index contributed by atoms with van der Waals surface area (Å²) in [6.07, 6.45) is 4.02. The first-order chi connectivity index (χ1) is 10.0. The number of nitrogens with one attached hydrogen (secondary N) is 1. The molecule has 1 aromatic carbocycles. The molecule has 0 saturated heterocycles. The van der Waals surface area contributed by atoms with Gasteiger partial charge in [-0.1, -0.05) is 28.0 Å². The zero-order chi connectivity index (χ0) is 15.4. The van der Waals surface area contributed by atoms with Crippen LogP contribution in [0.5, 0.6) is 0 Å². The van der Waals surface area contributed by atoms with Gasteiger partial charge in [-0.25, -0.2) is 0 Å². The fourth-order valence-corrected chi connectivity index (χ4v) is 3.01. The SMILES string of the molecule is CC1CCC(C(=O)Nc2ccc(Br)cc2/C(N)=N/O)CC1. The lowest BCUT2D eigenvalue weighted by atomic mass is 9.82. The number of benzene rings is 1. The first kappa shape index (κ1) is 15.8. The van der Waals surface area contributed by atoms with E-state index in [4.69, 9.17) is 10.9 Å². The minimum atomic E-state index is -0.0242. The van der Waals surface area contributed by atoms with E-state index in [1.807, 2.05) is 6.07 Å². The lowest BCUT2D eigenvalue weighted by molar-refractivity contribution is -0.121. The number of amides is 1. The fraction of sp³-hybridized carbons (Fsp3) is 0.467. The minimum absolute atomic E-state index is 0.0104. The normalized spacial score (nSPS) is 22.9. The molecule has 0 bridgehead atoms. The average Bonchev–Trinajstić information content (AvgIpc) is 2.48. The Morgan fingerprint density at radius 1 is 1.38 bits per heavy atom. The van der Waals surface area contributed by atoms with Gasteiger partial charge in [-0.15, -0.1) is 0 Å². The van der Waals surface area contributed by atoms with Crippen molar-refractivity contribution >= 4 is 33.4 Å². The number of hydrogen-bond acceptors (Lipinski definition) is 3. The summed E-state index contributed by atoms with van der Waals surface area (Å²) < 4.78 is 0.800. The number of hydrogen-bond donors (Lipinski definition) is 3. The molecule has 1 saturated carbocycles. The highest BCUT2D eigenvalue weighted by Crippen LogP contribution is 2.30. The molecule has 0 spiro atoms. The fourth-order valence-electron chi connectivity index (χ4n) is 2.65. The Morgan fingerprint density at radius 2 is 2.05 bits per heavy atom. The van der Waals surface area contributed by atoms with Gasteiger partial charge in [0.1, 0.15) is 0 Å². The molecule has 2 rings (SSSR count). The van der Waals surface area contributed by atoms with Gasteiger partial charge in [0.25, 0.3) is 0 Å². The Hall–Kier alpha value is -1.56. The molecule has 1 amide bonds. The van der Waals surface area contributed by atoms with Gasteiger partial charge in [-0.05, 0) is 49.8 Å². The molecule has 1 aromatic rings. The van der Waals surface area contributed by atoms with Crippen molar-refractivity contribution in [2.75, 3.05) is 5.32 Å². The standard InChI is InChI=1S/C15H20BrN3O2/c1-9-2-4-10(5-3-9)15(20)18-13-7-6-11(16)8-12(13)14(17)19-21/h6-10,21H,2-5H2,1H3,(H2,17,19)(H,18,20). The molecule has 114 valence electrons. The third-order valence-corrected chi connectivity index (χ3v) is 4.50. The second-order valence-corrected chi connectivity index (χ2v) is 6.54. The van der Waals surface area contributed by atoms with Crippen molar-refractivity contribution in [3.05, 3.63) is 28.2 Å². The predicted octanol–water partition coefficient (Wildman–Crippen LogP) is 3.31. The van der Waals surface area contributed by atoms with Gasteiger partial charge in [0.2, 0.25) is 5.91 Å². The number of carbonyl (C=O) groups excluding carboxylic acids is 1. The second kappa shape index (κ2) is 6.93. The van der Waals surface area contributed by atoms with Crippen molar-refractivity contribution in [1.82, 2.24) is 0 Å². The van der Waals surface area contributed by atoms with Crippen molar-refractivity contribution in [1.29, 1.82) is 0 Å². The molecule has 1 aliphatic rings. The first-order valence-electron chi connectivity index (χ1n) is 7.09. The van der Waals surface area contributed by atoms with Crippen LogP contribution >= 0.6 is 15.9 Å². The summed E-state index contributed by atoms with van der Waals surface area (Å²) in [5.41, 5.74) is 6.74. The Balaban J connectivity index is 2.14. The van der Waals surface area contributed by atoms with Gasteiger partial charge < -0.3 is 16.3 Å². The van der Waals surface area contributed by atoms with Gasteiger partial charge in [0.15, 0.2) is 5.84 Å². The summed E-state index contributed by atoms with van der Waals surface area (Å²) in [5.74, 6) is 0.736. The van der Waals surface area contributed by atoms with Crippen LogP contribution < -0.4 is 11.1 Å². The molecule has 1 aliphatic carbocycles. The molecule has 0 unspecified atom stereocenters. The molecule has 0 heterocycles. The third kappa shape index (κ3) is 3.97. The van der Waals surface area contributed by atoms with E-state index in [-0.39, 0.29) is 17.7 Å². The topological polar surface area (TPSA) is 87.7 Å². The smallest absolute Gasteiger partial charge is 0.227 e. The van der Waals surface area contributed by atoms with E-state index in [1.54, 1.807) is 12.1 Å². The minimum Gasteiger partial charge on any atom is -0.409 e. The molecule has 5 nitrogen and oxygen atoms in total. The van der Waals surface area contributed by atoms with E-state index < -0.39 is 0 Å². The third-order valence-electron chi connectivity index (χ3n) is 4.01. The van der Waals surface area contributed by atoms with Crippen molar-refractivity contribution < 1.29 is 10.0 Å². The largest absolute Gasteiger partial charge is 0.409 e. The summed E-state index contributed by atoms with van der Waals surface area (Å²) in [7, 11) is 0. The van der Waals surface area contributed by atoms with Crippen LogP contribution in [0.1, 0.15) is 38.2 Å². The monoisotopic (exact) mass is 353 g/mol. The van der Waals surface area contributed by atoms with E-state index in [9.17, 15) is 4.79 Å². The Kier molecular flexibility index (Phi) is 5.22. The zero-order valence-electron chi connectivity index (χ0n) is 12.0. The molecule has 0 aliphatic heterocycles. The summed E-state index contributed by atoms with van der Waals surface area (Å²) in [4.78, 5) is 12.4.